The predicted octanol–water partition coefficient (Wildman–Crippen LogP) is 0.947. The van der Waals surface area contributed by atoms with E-state index in [0.29, 0.717) is 13.1 Å². The van der Waals surface area contributed by atoms with Gasteiger partial charge < -0.3 is 5.32 Å². The van der Waals surface area contributed by atoms with E-state index in [2.05, 4.69) is 5.32 Å². The highest BCUT2D eigenvalue weighted by molar-refractivity contribution is 7.89. The number of halogens is 2. The minimum Gasteiger partial charge on any atom is -0.315 e. The van der Waals surface area contributed by atoms with Crippen LogP contribution in [0.1, 0.15) is 6.42 Å². The molecule has 0 aromatic heterocycles. The Balaban J connectivity index is 2.04. The van der Waals surface area contributed by atoms with Crippen LogP contribution in [-0.4, -0.2) is 38.4 Å². The first-order valence-corrected chi connectivity index (χ1v) is 7.62. The summed E-state index contributed by atoms with van der Waals surface area (Å²) in [6, 6.07) is 2.91. The zero-order valence-electron chi connectivity index (χ0n) is 10.1. The fraction of sp³-hybridized carbons (Fsp3) is 0.500. The molecule has 7 heteroatoms. The summed E-state index contributed by atoms with van der Waals surface area (Å²) in [4.78, 5) is -0.831. The van der Waals surface area contributed by atoms with E-state index in [1.165, 1.54) is 4.31 Å². The van der Waals surface area contributed by atoms with Gasteiger partial charge >= 0.3 is 0 Å². The molecule has 0 unspecified atom stereocenters. The lowest BCUT2D eigenvalue weighted by molar-refractivity contribution is 0.376. The molecular weight excluding hydrogens is 274 g/mol. The van der Waals surface area contributed by atoms with Crippen LogP contribution in [-0.2, 0) is 10.0 Å². The van der Waals surface area contributed by atoms with Crippen LogP contribution in [0, 0.1) is 17.6 Å². The van der Waals surface area contributed by atoms with Crippen molar-refractivity contribution in [1.82, 2.24) is 9.62 Å². The average Bonchev–Trinajstić information content (AvgIpc) is 2.88. The quantitative estimate of drug-likeness (QED) is 0.881. The van der Waals surface area contributed by atoms with Crippen LogP contribution >= 0.6 is 0 Å². The summed E-state index contributed by atoms with van der Waals surface area (Å²) in [6.45, 7) is 1.63. The maximum atomic E-state index is 13.7. The first-order chi connectivity index (χ1) is 9.01. The molecule has 104 valence electrons. The van der Waals surface area contributed by atoms with Crippen LogP contribution in [0.15, 0.2) is 23.1 Å². The summed E-state index contributed by atoms with van der Waals surface area (Å²) in [5.74, 6) is -1.83. The Labute approximate surface area is 110 Å². The molecule has 19 heavy (non-hydrogen) atoms. The van der Waals surface area contributed by atoms with E-state index in [1.54, 1.807) is 0 Å². The van der Waals surface area contributed by atoms with Crippen molar-refractivity contribution >= 4 is 10.0 Å². The molecule has 1 aromatic carbocycles. The molecule has 1 aromatic rings. The molecule has 2 aliphatic rings. The van der Waals surface area contributed by atoms with Crippen molar-refractivity contribution in [1.29, 1.82) is 0 Å². The maximum absolute atomic E-state index is 13.7. The normalized spacial score (nSPS) is 27.7. The van der Waals surface area contributed by atoms with Crippen LogP contribution in [0.25, 0.3) is 0 Å². The second-order valence-electron chi connectivity index (χ2n) is 4.94. The summed E-state index contributed by atoms with van der Waals surface area (Å²) in [6.07, 6.45) is 0.729. The number of nitrogens with one attached hydrogen (secondary N) is 1. The standard InChI is InChI=1S/C12H14F2N2O2S/c13-9-2-1-3-10(14)12(9)19(17,18)16-5-4-8-6-15-7-11(8)16/h1-3,8,11,15H,4-7H2/t8-,11+/m0/s1. The minimum absolute atomic E-state index is 0.191. The van der Waals surface area contributed by atoms with E-state index in [4.69, 9.17) is 0 Å². The van der Waals surface area contributed by atoms with Crippen molar-refractivity contribution in [3.05, 3.63) is 29.8 Å². The van der Waals surface area contributed by atoms with E-state index in [0.717, 1.165) is 31.2 Å². The number of fused-ring (bicyclic) bond motifs is 1. The maximum Gasteiger partial charge on any atom is 0.249 e. The first-order valence-electron chi connectivity index (χ1n) is 6.18. The largest absolute Gasteiger partial charge is 0.315 e. The molecule has 2 atom stereocenters. The van der Waals surface area contributed by atoms with E-state index in [9.17, 15) is 17.2 Å². The summed E-state index contributed by atoms with van der Waals surface area (Å²) >= 11 is 0. The van der Waals surface area contributed by atoms with Crippen molar-refractivity contribution < 1.29 is 17.2 Å². The molecule has 3 rings (SSSR count). The average molecular weight is 288 g/mol. The number of hydrogen-bond acceptors (Lipinski definition) is 3. The van der Waals surface area contributed by atoms with Crippen LogP contribution < -0.4 is 5.32 Å². The van der Waals surface area contributed by atoms with Crippen LogP contribution in [0.4, 0.5) is 8.78 Å². The first kappa shape index (κ1) is 13.0. The molecule has 0 amide bonds. The third kappa shape index (κ3) is 1.96. The fourth-order valence-corrected chi connectivity index (χ4v) is 4.77. The van der Waals surface area contributed by atoms with Gasteiger partial charge in [-0.1, -0.05) is 6.07 Å². The Morgan fingerprint density at radius 1 is 1.21 bits per heavy atom. The van der Waals surface area contributed by atoms with Gasteiger partial charge in [-0.25, -0.2) is 17.2 Å². The Morgan fingerprint density at radius 3 is 2.58 bits per heavy atom. The van der Waals surface area contributed by atoms with Crippen molar-refractivity contribution in [3.63, 3.8) is 0 Å². The van der Waals surface area contributed by atoms with Gasteiger partial charge in [0, 0.05) is 19.1 Å². The molecule has 0 aliphatic carbocycles. The number of hydrogen-bond donors (Lipinski definition) is 1. The van der Waals surface area contributed by atoms with Crippen molar-refractivity contribution in [3.8, 4) is 0 Å². The number of benzene rings is 1. The lowest BCUT2D eigenvalue weighted by Crippen LogP contribution is -2.39. The van der Waals surface area contributed by atoms with E-state index >= 15 is 0 Å². The predicted molar refractivity (Wildman–Crippen MR) is 65.0 cm³/mol. The molecule has 0 radical (unpaired) electrons. The molecule has 2 fully saturated rings. The van der Waals surface area contributed by atoms with Gasteiger partial charge in [-0.05, 0) is 31.0 Å². The van der Waals surface area contributed by atoms with Gasteiger partial charge in [0.2, 0.25) is 10.0 Å². The van der Waals surface area contributed by atoms with Gasteiger partial charge in [-0.3, -0.25) is 0 Å². The fourth-order valence-electron chi connectivity index (χ4n) is 2.95. The second kappa shape index (κ2) is 4.50. The van der Waals surface area contributed by atoms with Crippen LogP contribution in [0.3, 0.4) is 0 Å². The van der Waals surface area contributed by atoms with E-state index < -0.39 is 26.6 Å². The second-order valence-corrected chi connectivity index (χ2v) is 6.77. The highest BCUT2D eigenvalue weighted by Crippen LogP contribution is 2.33. The third-order valence-corrected chi connectivity index (χ3v) is 5.86. The molecule has 1 N–H and O–H groups in total. The molecule has 0 bridgehead atoms. The van der Waals surface area contributed by atoms with E-state index in [-0.39, 0.29) is 12.0 Å². The molecule has 2 aliphatic heterocycles. The summed E-state index contributed by atoms with van der Waals surface area (Å²) in [7, 11) is -4.11. The van der Waals surface area contributed by atoms with Gasteiger partial charge in [0.05, 0.1) is 0 Å². The zero-order valence-corrected chi connectivity index (χ0v) is 11.0. The van der Waals surface area contributed by atoms with Gasteiger partial charge in [0.15, 0.2) is 4.90 Å². The molecule has 4 nitrogen and oxygen atoms in total. The number of nitrogens with zero attached hydrogens (tertiary/aromatic N) is 1. The van der Waals surface area contributed by atoms with Crippen LogP contribution in [0.2, 0.25) is 0 Å². The zero-order chi connectivity index (χ0) is 13.6. The minimum atomic E-state index is -4.11. The number of rotatable bonds is 2. The van der Waals surface area contributed by atoms with Crippen molar-refractivity contribution in [2.45, 2.75) is 17.4 Å². The van der Waals surface area contributed by atoms with Gasteiger partial charge in [-0.2, -0.15) is 4.31 Å². The molecule has 0 spiro atoms. The van der Waals surface area contributed by atoms with Gasteiger partial charge in [-0.15, -0.1) is 0 Å². The third-order valence-electron chi connectivity index (χ3n) is 3.88. The monoisotopic (exact) mass is 288 g/mol. The molecule has 2 heterocycles. The number of sulfonamides is 1. The highest BCUT2D eigenvalue weighted by Gasteiger charge is 2.45. The Kier molecular flexibility index (Phi) is 3.07. The molecular formula is C12H14F2N2O2S. The summed E-state index contributed by atoms with van der Waals surface area (Å²) in [5, 5.41) is 3.11. The van der Waals surface area contributed by atoms with Gasteiger partial charge in [0.25, 0.3) is 0 Å². The Bertz CT molecular complexity index is 585. The topological polar surface area (TPSA) is 49.4 Å². The molecule has 2 saturated heterocycles. The van der Waals surface area contributed by atoms with E-state index in [1.807, 2.05) is 0 Å². The molecule has 0 saturated carbocycles. The highest BCUT2D eigenvalue weighted by atomic mass is 32.2. The summed E-state index contributed by atoms with van der Waals surface area (Å²) < 4.78 is 53.5. The van der Waals surface area contributed by atoms with Crippen LogP contribution in [0.5, 0.6) is 0 Å². The Morgan fingerprint density at radius 2 is 1.89 bits per heavy atom. The lowest BCUT2D eigenvalue weighted by Gasteiger charge is -2.23. The van der Waals surface area contributed by atoms with Gasteiger partial charge in [0.1, 0.15) is 11.6 Å². The summed E-state index contributed by atoms with van der Waals surface area (Å²) in [5.41, 5.74) is 0. The van der Waals surface area contributed by atoms with Crippen molar-refractivity contribution in [2.75, 3.05) is 19.6 Å². The SMILES string of the molecule is O=S(=O)(c1c(F)cccc1F)N1CC[C@H]2CNC[C@H]21. The smallest absolute Gasteiger partial charge is 0.249 e. The Hall–Kier alpha value is -1.05. The lowest BCUT2D eigenvalue weighted by atomic mass is 10.1. The van der Waals surface area contributed by atoms with Crippen molar-refractivity contribution in [2.24, 2.45) is 5.92 Å².